The fourth-order valence-electron chi connectivity index (χ4n) is 1.61. The van der Waals surface area contributed by atoms with E-state index in [1.54, 1.807) is 12.1 Å². The number of halogens is 3. The zero-order valence-corrected chi connectivity index (χ0v) is 10.8. The van der Waals surface area contributed by atoms with Crippen molar-refractivity contribution in [2.24, 2.45) is 0 Å². The summed E-state index contributed by atoms with van der Waals surface area (Å²) in [5.74, 6) is -0.389. The summed E-state index contributed by atoms with van der Waals surface area (Å²) < 4.78 is 13.5. The summed E-state index contributed by atoms with van der Waals surface area (Å²) in [5.41, 5.74) is 0.948. The largest absolute Gasteiger partial charge is 0.388 e. The smallest absolute Gasteiger partial charge is 0.129 e. The number of rotatable bonds is 3. The minimum atomic E-state index is -0.845. The molecule has 94 valence electrons. The van der Waals surface area contributed by atoms with Crippen molar-refractivity contribution in [2.75, 3.05) is 0 Å². The monoisotopic (exact) mass is 285 g/mol. The van der Waals surface area contributed by atoms with Crippen LogP contribution in [0.3, 0.4) is 0 Å². The molecule has 2 nitrogen and oxygen atoms in total. The summed E-state index contributed by atoms with van der Waals surface area (Å²) in [6.45, 7) is 0. The Kier molecular flexibility index (Phi) is 4.17. The van der Waals surface area contributed by atoms with Crippen LogP contribution in [0.15, 0.2) is 36.5 Å². The zero-order valence-electron chi connectivity index (χ0n) is 9.28. The summed E-state index contributed by atoms with van der Waals surface area (Å²) in [6.07, 6.45) is 0.758. The number of hydrogen-bond acceptors (Lipinski definition) is 2. The van der Waals surface area contributed by atoms with Crippen molar-refractivity contribution in [3.8, 4) is 0 Å². The minimum Gasteiger partial charge on any atom is -0.388 e. The topological polar surface area (TPSA) is 33.1 Å². The molecule has 1 aromatic heterocycles. The second-order valence-electron chi connectivity index (χ2n) is 3.87. The molecule has 18 heavy (non-hydrogen) atoms. The van der Waals surface area contributed by atoms with E-state index in [2.05, 4.69) is 4.98 Å². The molecular weight excluding hydrogens is 276 g/mol. The lowest BCUT2D eigenvalue weighted by Crippen LogP contribution is -2.04. The van der Waals surface area contributed by atoms with Gasteiger partial charge in [0.1, 0.15) is 11.0 Å². The SMILES string of the molecule is OC(Cc1cc(Cl)ccc1F)c1ccc(Cl)nc1. The highest BCUT2D eigenvalue weighted by atomic mass is 35.5. The van der Waals surface area contributed by atoms with Gasteiger partial charge in [-0.15, -0.1) is 0 Å². The fraction of sp³-hybridized carbons (Fsp3) is 0.154. The molecule has 1 heterocycles. The summed E-state index contributed by atoms with van der Waals surface area (Å²) in [5, 5.41) is 10.8. The molecule has 0 aliphatic heterocycles. The van der Waals surface area contributed by atoms with Crippen LogP contribution in [0, 0.1) is 5.82 Å². The lowest BCUT2D eigenvalue weighted by Gasteiger charge is -2.11. The van der Waals surface area contributed by atoms with Gasteiger partial charge in [-0.2, -0.15) is 0 Å². The molecule has 0 fully saturated rings. The van der Waals surface area contributed by atoms with Crippen LogP contribution in [-0.4, -0.2) is 10.1 Å². The van der Waals surface area contributed by atoms with Crippen molar-refractivity contribution in [1.29, 1.82) is 0 Å². The highest BCUT2D eigenvalue weighted by Gasteiger charge is 2.12. The molecule has 0 spiro atoms. The average Bonchev–Trinajstić information content (AvgIpc) is 2.34. The van der Waals surface area contributed by atoms with E-state index in [1.165, 1.54) is 24.4 Å². The molecule has 2 rings (SSSR count). The van der Waals surface area contributed by atoms with Crippen molar-refractivity contribution in [1.82, 2.24) is 4.98 Å². The van der Waals surface area contributed by atoms with Crippen molar-refractivity contribution in [3.05, 3.63) is 63.6 Å². The van der Waals surface area contributed by atoms with Crippen LogP contribution in [0.4, 0.5) is 4.39 Å². The Balaban J connectivity index is 2.18. The van der Waals surface area contributed by atoms with Crippen molar-refractivity contribution in [3.63, 3.8) is 0 Å². The molecule has 0 aliphatic rings. The van der Waals surface area contributed by atoms with Gasteiger partial charge >= 0.3 is 0 Å². The van der Waals surface area contributed by atoms with Gasteiger partial charge in [0.25, 0.3) is 0 Å². The van der Waals surface area contributed by atoms with Crippen LogP contribution >= 0.6 is 23.2 Å². The number of hydrogen-bond donors (Lipinski definition) is 1. The van der Waals surface area contributed by atoms with E-state index in [9.17, 15) is 9.50 Å². The van der Waals surface area contributed by atoms with E-state index < -0.39 is 6.10 Å². The maximum atomic E-state index is 13.5. The molecule has 5 heteroatoms. The second-order valence-corrected chi connectivity index (χ2v) is 4.69. The molecule has 0 aliphatic carbocycles. The molecule has 1 unspecified atom stereocenters. The van der Waals surface area contributed by atoms with Gasteiger partial charge in [0.2, 0.25) is 0 Å². The first-order chi connectivity index (χ1) is 8.56. The first-order valence-electron chi connectivity index (χ1n) is 5.29. The number of nitrogens with zero attached hydrogens (tertiary/aromatic N) is 1. The first kappa shape index (κ1) is 13.3. The third kappa shape index (κ3) is 3.19. The van der Waals surface area contributed by atoms with E-state index in [0.29, 0.717) is 21.3 Å². The Morgan fingerprint density at radius 3 is 2.67 bits per heavy atom. The number of pyridine rings is 1. The predicted octanol–water partition coefficient (Wildman–Crippen LogP) is 3.80. The van der Waals surface area contributed by atoms with Gasteiger partial charge in [-0.25, -0.2) is 9.37 Å². The molecular formula is C13H10Cl2FNO. The predicted molar refractivity (Wildman–Crippen MR) is 69.3 cm³/mol. The van der Waals surface area contributed by atoms with E-state index >= 15 is 0 Å². The third-order valence-electron chi connectivity index (χ3n) is 2.56. The van der Waals surface area contributed by atoms with E-state index in [1.807, 2.05) is 0 Å². The van der Waals surface area contributed by atoms with Crippen molar-refractivity contribution < 1.29 is 9.50 Å². The summed E-state index contributed by atoms with van der Waals surface area (Å²) >= 11 is 11.4. The number of aliphatic hydroxyl groups excluding tert-OH is 1. The van der Waals surface area contributed by atoms with E-state index in [0.717, 1.165) is 0 Å². The Morgan fingerprint density at radius 1 is 1.22 bits per heavy atom. The van der Waals surface area contributed by atoms with Crippen molar-refractivity contribution >= 4 is 23.2 Å². The molecule has 1 aromatic carbocycles. The Bertz CT molecular complexity index is 545. The van der Waals surface area contributed by atoms with Crippen LogP contribution in [0.25, 0.3) is 0 Å². The maximum Gasteiger partial charge on any atom is 0.129 e. The summed E-state index contributed by atoms with van der Waals surface area (Å²) in [7, 11) is 0. The average molecular weight is 286 g/mol. The Labute approximate surface area is 114 Å². The van der Waals surface area contributed by atoms with Gasteiger partial charge < -0.3 is 5.11 Å². The first-order valence-corrected chi connectivity index (χ1v) is 6.05. The third-order valence-corrected chi connectivity index (χ3v) is 3.01. The molecule has 0 saturated heterocycles. The quantitative estimate of drug-likeness (QED) is 0.870. The highest BCUT2D eigenvalue weighted by molar-refractivity contribution is 6.30. The Hall–Kier alpha value is -1.16. The minimum absolute atomic E-state index is 0.135. The lowest BCUT2D eigenvalue weighted by atomic mass is 10.0. The Morgan fingerprint density at radius 2 is 2.00 bits per heavy atom. The van der Waals surface area contributed by atoms with Gasteiger partial charge in [0.05, 0.1) is 6.10 Å². The van der Waals surface area contributed by atoms with Crippen molar-refractivity contribution in [2.45, 2.75) is 12.5 Å². The maximum absolute atomic E-state index is 13.5. The molecule has 2 aromatic rings. The summed E-state index contributed by atoms with van der Waals surface area (Å²) in [6, 6.07) is 7.49. The number of aromatic nitrogens is 1. The number of benzene rings is 1. The zero-order chi connectivity index (χ0) is 13.1. The summed E-state index contributed by atoms with van der Waals surface area (Å²) in [4.78, 5) is 3.87. The molecule has 1 atom stereocenters. The highest BCUT2D eigenvalue weighted by Crippen LogP contribution is 2.22. The molecule has 0 amide bonds. The van der Waals surface area contributed by atoms with Crippen LogP contribution in [-0.2, 0) is 6.42 Å². The number of aliphatic hydroxyl groups is 1. The second kappa shape index (κ2) is 5.65. The molecule has 0 saturated carbocycles. The fourth-order valence-corrected chi connectivity index (χ4v) is 1.92. The van der Waals surface area contributed by atoms with Gasteiger partial charge in [0.15, 0.2) is 0 Å². The van der Waals surface area contributed by atoms with Crippen LogP contribution < -0.4 is 0 Å². The van der Waals surface area contributed by atoms with Crippen LogP contribution in [0.2, 0.25) is 10.2 Å². The van der Waals surface area contributed by atoms with Gasteiger partial charge in [-0.05, 0) is 35.4 Å². The molecule has 1 N–H and O–H groups in total. The van der Waals surface area contributed by atoms with E-state index in [4.69, 9.17) is 23.2 Å². The molecule has 0 radical (unpaired) electrons. The molecule has 0 bridgehead atoms. The van der Waals surface area contributed by atoms with E-state index in [-0.39, 0.29) is 12.2 Å². The lowest BCUT2D eigenvalue weighted by molar-refractivity contribution is 0.176. The van der Waals surface area contributed by atoms with Gasteiger partial charge in [0, 0.05) is 17.6 Å². The van der Waals surface area contributed by atoms with Gasteiger partial charge in [-0.3, -0.25) is 0 Å². The van der Waals surface area contributed by atoms with Crippen LogP contribution in [0.1, 0.15) is 17.2 Å². The van der Waals surface area contributed by atoms with Gasteiger partial charge in [-0.1, -0.05) is 29.3 Å². The standard InChI is InChI=1S/C13H10Cl2FNO/c14-10-2-3-11(16)9(5-10)6-12(18)8-1-4-13(15)17-7-8/h1-5,7,12,18H,6H2. The normalized spacial score (nSPS) is 12.4. The van der Waals surface area contributed by atoms with Crippen LogP contribution in [0.5, 0.6) is 0 Å².